The molecule has 0 unspecified atom stereocenters. The summed E-state index contributed by atoms with van der Waals surface area (Å²) in [6.45, 7) is 0. The number of nitrogens with one attached hydrogen (secondary N) is 1. The Labute approximate surface area is 125 Å². The van der Waals surface area contributed by atoms with E-state index in [-0.39, 0.29) is 14.9 Å². The Morgan fingerprint density at radius 1 is 1.10 bits per heavy atom. The summed E-state index contributed by atoms with van der Waals surface area (Å²) < 4.78 is 42.6. The van der Waals surface area contributed by atoms with E-state index in [2.05, 4.69) is 20.9 Å². The predicted molar refractivity (Wildman–Crippen MR) is 76.0 cm³/mol. The number of benzene rings is 2. The molecule has 1 N–H and O–H groups in total. The number of rotatable bonds is 1. The van der Waals surface area contributed by atoms with Crippen molar-refractivity contribution in [1.29, 1.82) is 0 Å². The van der Waals surface area contributed by atoms with Crippen LogP contribution in [0.5, 0.6) is 0 Å². The molecule has 0 radical (unpaired) electrons. The molecule has 0 saturated heterocycles. The molecule has 0 aliphatic carbocycles. The first-order valence-corrected chi connectivity index (χ1v) is 6.73. The molecule has 1 aromatic heterocycles. The van der Waals surface area contributed by atoms with Crippen molar-refractivity contribution in [3.63, 3.8) is 0 Å². The quantitative estimate of drug-likeness (QED) is 0.615. The van der Waals surface area contributed by atoms with Crippen LogP contribution in [0.1, 0.15) is 0 Å². The Morgan fingerprint density at radius 2 is 1.85 bits per heavy atom. The zero-order valence-electron chi connectivity index (χ0n) is 9.75. The zero-order chi connectivity index (χ0) is 14.4. The van der Waals surface area contributed by atoms with Crippen molar-refractivity contribution in [3.05, 3.63) is 57.0 Å². The minimum Gasteiger partial charge on any atom is -0.330 e. The maximum absolute atomic E-state index is 13.9. The Bertz CT molecular complexity index is 885. The first-order valence-electron chi connectivity index (χ1n) is 5.53. The lowest BCUT2D eigenvalue weighted by atomic mass is 10.2. The van der Waals surface area contributed by atoms with E-state index in [1.54, 1.807) is 0 Å². The van der Waals surface area contributed by atoms with Crippen molar-refractivity contribution in [2.24, 2.45) is 0 Å². The average molecular weight is 359 g/mol. The molecule has 0 saturated carbocycles. The van der Waals surface area contributed by atoms with Crippen molar-refractivity contribution in [2.45, 2.75) is 0 Å². The maximum atomic E-state index is 13.9. The van der Waals surface area contributed by atoms with Gasteiger partial charge in [-0.25, -0.2) is 13.2 Å². The highest BCUT2D eigenvalue weighted by molar-refractivity contribution is 9.10. The van der Waals surface area contributed by atoms with Crippen molar-refractivity contribution < 1.29 is 13.2 Å². The third-order valence-electron chi connectivity index (χ3n) is 2.90. The molecule has 0 aliphatic heterocycles. The highest BCUT2D eigenvalue weighted by atomic mass is 79.9. The van der Waals surface area contributed by atoms with Crippen molar-refractivity contribution in [3.8, 4) is 5.69 Å². The molecule has 0 atom stereocenters. The van der Waals surface area contributed by atoms with Crippen LogP contribution in [-0.4, -0.2) is 9.55 Å². The van der Waals surface area contributed by atoms with E-state index in [0.29, 0.717) is 11.0 Å². The lowest BCUT2D eigenvalue weighted by Crippen LogP contribution is -2.00. The van der Waals surface area contributed by atoms with Crippen LogP contribution in [-0.2, 0) is 0 Å². The Balaban J connectivity index is 2.42. The van der Waals surface area contributed by atoms with Gasteiger partial charge in [-0.2, -0.15) is 0 Å². The molecule has 0 bridgehead atoms. The van der Waals surface area contributed by atoms with Crippen LogP contribution in [0.3, 0.4) is 0 Å². The van der Waals surface area contributed by atoms with Gasteiger partial charge in [0.05, 0.1) is 21.2 Å². The number of halogens is 4. The summed E-state index contributed by atoms with van der Waals surface area (Å²) >= 11 is 8.17. The third kappa shape index (κ3) is 1.97. The minimum atomic E-state index is -1.03. The lowest BCUT2D eigenvalue weighted by Gasteiger charge is -2.06. The van der Waals surface area contributed by atoms with Crippen molar-refractivity contribution in [2.75, 3.05) is 0 Å². The van der Waals surface area contributed by atoms with E-state index in [1.807, 2.05) is 0 Å². The highest BCUT2D eigenvalue weighted by Crippen LogP contribution is 2.27. The van der Waals surface area contributed by atoms with Gasteiger partial charge in [0.2, 0.25) is 0 Å². The Morgan fingerprint density at radius 3 is 2.60 bits per heavy atom. The summed E-state index contributed by atoms with van der Waals surface area (Å²) in [6.07, 6.45) is 0. The summed E-state index contributed by atoms with van der Waals surface area (Å²) in [7, 11) is 0. The molecule has 3 rings (SSSR count). The number of hydrogen-bond acceptors (Lipinski definition) is 1. The molecule has 0 aliphatic rings. The number of fused-ring (bicyclic) bond motifs is 1. The van der Waals surface area contributed by atoms with Gasteiger partial charge in [-0.05, 0) is 46.3 Å². The van der Waals surface area contributed by atoms with Gasteiger partial charge in [0.1, 0.15) is 5.82 Å². The van der Waals surface area contributed by atoms with Gasteiger partial charge < -0.3 is 4.98 Å². The van der Waals surface area contributed by atoms with Crippen LogP contribution in [0.2, 0.25) is 0 Å². The number of aromatic amines is 1. The molecule has 0 fully saturated rings. The SMILES string of the molecule is Fc1cc2c(cc1Br)[nH]c(=S)n2-c1cccc(F)c1F. The largest absolute Gasteiger partial charge is 0.330 e. The number of imidazole rings is 1. The number of nitrogens with zero attached hydrogens (tertiary/aromatic N) is 1. The zero-order valence-corrected chi connectivity index (χ0v) is 12.2. The van der Waals surface area contributed by atoms with Crippen LogP contribution in [0, 0.1) is 22.2 Å². The molecule has 0 spiro atoms. The normalized spacial score (nSPS) is 11.2. The van der Waals surface area contributed by atoms with Crippen molar-refractivity contribution in [1.82, 2.24) is 9.55 Å². The van der Waals surface area contributed by atoms with E-state index in [4.69, 9.17) is 12.2 Å². The molecular weight excluding hydrogens is 353 g/mol. The summed E-state index contributed by atoms with van der Waals surface area (Å²) in [5.74, 6) is -2.54. The van der Waals surface area contributed by atoms with Gasteiger partial charge in [-0.3, -0.25) is 4.57 Å². The molecule has 2 nitrogen and oxygen atoms in total. The van der Waals surface area contributed by atoms with Gasteiger partial charge in [0.15, 0.2) is 16.4 Å². The van der Waals surface area contributed by atoms with Gasteiger partial charge in [0, 0.05) is 6.07 Å². The number of hydrogen-bond donors (Lipinski definition) is 1. The van der Waals surface area contributed by atoms with Gasteiger partial charge in [-0.1, -0.05) is 6.07 Å². The smallest absolute Gasteiger partial charge is 0.182 e. The molecule has 0 amide bonds. The van der Waals surface area contributed by atoms with E-state index in [1.165, 1.54) is 28.8 Å². The second-order valence-corrected chi connectivity index (χ2v) is 5.36. The first-order chi connectivity index (χ1) is 9.49. The lowest BCUT2D eigenvalue weighted by molar-refractivity contribution is 0.504. The molecule has 7 heteroatoms. The minimum absolute atomic E-state index is 0.0667. The van der Waals surface area contributed by atoms with Gasteiger partial charge >= 0.3 is 0 Å². The van der Waals surface area contributed by atoms with Gasteiger partial charge in [-0.15, -0.1) is 0 Å². The van der Waals surface area contributed by atoms with Crippen LogP contribution >= 0.6 is 28.1 Å². The van der Waals surface area contributed by atoms with Crippen LogP contribution in [0.25, 0.3) is 16.7 Å². The fourth-order valence-corrected chi connectivity index (χ4v) is 2.66. The van der Waals surface area contributed by atoms with Crippen LogP contribution < -0.4 is 0 Å². The first kappa shape index (κ1) is 13.4. The van der Waals surface area contributed by atoms with Gasteiger partial charge in [0.25, 0.3) is 0 Å². The molecule has 1 heterocycles. The van der Waals surface area contributed by atoms with E-state index >= 15 is 0 Å². The predicted octanol–water partition coefficient (Wildman–Crippen LogP) is 4.87. The average Bonchev–Trinajstić information content (AvgIpc) is 2.69. The highest BCUT2D eigenvalue weighted by Gasteiger charge is 2.15. The molecule has 20 heavy (non-hydrogen) atoms. The fourth-order valence-electron chi connectivity index (χ4n) is 2.01. The Hall–Kier alpha value is -1.60. The molecular formula is C13H6BrF3N2S. The summed E-state index contributed by atoms with van der Waals surface area (Å²) in [4.78, 5) is 2.83. The topological polar surface area (TPSA) is 20.7 Å². The Kier molecular flexibility index (Phi) is 3.18. The summed E-state index contributed by atoms with van der Waals surface area (Å²) in [5, 5.41) is 0. The number of aromatic nitrogens is 2. The summed E-state index contributed by atoms with van der Waals surface area (Å²) in [5.41, 5.74) is 0.787. The van der Waals surface area contributed by atoms with E-state index < -0.39 is 17.5 Å². The second kappa shape index (κ2) is 4.75. The maximum Gasteiger partial charge on any atom is 0.182 e. The molecule has 3 aromatic rings. The van der Waals surface area contributed by atoms with E-state index in [0.717, 1.165) is 6.07 Å². The third-order valence-corrected chi connectivity index (χ3v) is 3.79. The van der Waals surface area contributed by atoms with E-state index in [9.17, 15) is 13.2 Å². The molecule has 102 valence electrons. The number of H-pyrrole nitrogens is 1. The second-order valence-electron chi connectivity index (χ2n) is 4.12. The monoisotopic (exact) mass is 358 g/mol. The van der Waals surface area contributed by atoms with Crippen molar-refractivity contribution >= 4 is 39.2 Å². The van der Waals surface area contributed by atoms with Crippen LogP contribution in [0.4, 0.5) is 13.2 Å². The molecule has 2 aromatic carbocycles. The standard InChI is InChI=1S/C13H6BrF3N2S/c14-6-4-9-11(5-8(6)16)19(13(20)18-9)10-3-1-2-7(15)12(10)17/h1-5H,(H,18,20). The summed E-state index contributed by atoms with van der Waals surface area (Å²) in [6, 6.07) is 6.45. The fraction of sp³-hybridized carbons (Fsp3) is 0. The van der Waals surface area contributed by atoms with Crippen LogP contribution in [0.15, 0.2) is 34.8 Å².